The van der Waals surface area contributed by atoms with Crippen molar-refractivity contribution in [3.8, 4) is 22.5 Å². The Morgan fingerprint density at radius 2 is 1.71 bits per heavy atom. The molecule has 2 aromatic carbocycles. The summed E-state index contributed by atoms with van der Waals surface area (Å²) in [7, 11) is 3.14. The molecular weight excluding hydrogens is 525 g/mol. The van der Waals surface area contributed by atoms with Gasteiger partial charge in [0.05, 0.1) is 12.9 Å². The molecule has 0 unspecified atom stereocenters. The first-order valence-electron chi connectivity index (χ1n) is 12.0. The van der Waals surface area contributed by atoms with Crippen LogP contribution < -0.4 is 10.2 Å². The zero-order valence-corrected chi connectivity index (χ0v) is 23.2. The van der Waals surface area contributed by atoms with Crippen molar-refractivity contribution in [2.75, 3.05) is 36.2 Å². The number of nitrogens with zero attached hydrogens (tertiary/aromatic N) is 4. The van der Waals surface area contributed by atoms with Gasteiger partial charge in [-0.1, -0.05) is 23.9 Å². The Morgan fingerprint density at radius 1 is 1.05 bits per heavy atom. The summed E-state index contributed by atoms with van der Waals surface area (Å²) >= 11 is 2.45. The van der Waals surface area contributed by atoms with E-state index in [2.05, 4.69) is 46.4 Å². The number of aromatic nitrogens is 3. The lowest BCUT2D eigenvalue weighted by atomic mass is 10.0. The number of thioether (sulfide) groups is 1. The van der Waals surface area contributed by atoms with Crippen LogP contribution in [-0.2, 0) is 16.6 Å². The highest BCUT2D eigenvalue weighted by Gasteiger charge is 2.23. The van der Waals surface area contributed by atoms with Crippen molar-refractivity contribution in [2.24, 2.45) is 7.05 Å². The van der Waals surface area contributed by atoms with Gasteiger partial charge in [-0.2, -0.15) is 0 Å². The molecule has 0 aliphatic rings. The molecule has 11 heteroatoms. The second-order valence-electron chi connectivity index (χ2n) is 8.27. The summed E-state index contributed by atoms with van der Waals surface area (Å²) in [4.78, 5) is 27.6. The number of anilines is 2. The molecule has 0 aliphatic carbocycles. The molecule has 0 saturated heterocycles. The number of hydrogen-bond acceptors (Lipinski definition) is 8. The third-order valence-electron chi connectivity index (χ3n) is 6.01. The number of hydrogen-bond donors (Lipinski definition) is 1. The van der Waals surface area contributed by atoms with Crippen molar-refractivity contribution in [2.45, 2.75) is 19.0 Å². The molecule has 0 atom stereocenters. The summed E-state index contributed by atoms with van der Waals surface area (Å²) < 4.78 is 20.2. The zero-order valence-electron chi connectivity index (χ0n) is 21.5. The van der Waals surface area contributed by atoms with Crippen LogP contribution in [0.3, 0.4) is 0 Å². The first-order chi connectivity index (χ1) is 18.4. The van der Waals surface area contributed by atoms with Gasteiger partial charge in [0.25, 0.3) is 0 Å². The van der Waals surface area contributed by atoms with Crippen molar-refractivity contribution < 1.29 is 18.7 Å². The van der Waals surface area contributed by atoms with Crippen molar-refractivity contribution in [3.05, 3.63) is 65.3 Å². The number of rotatable bonds is 10. The second-order valence-corrected chi connectivity index (χ2v) is 10.1. The molecule has 0 radical (unpaired) electrons. The largest absolute Gasteiger partial charge is 0.465 e. The van der Waals surface area contributed by atoms with E-state index in [9.17, 15) is 14.0 Å². The summed E-state index contributed by atoms with van der Waals surface area (Å²) in [5, 5.41) is 14.1. The van der Waals surface area contributed by atoms with Gasteiger partial charge in [0.2, 0.25) is 5.91 Å². The van der Waals surface area contributed by atoms with Gasteiger partial charge in [0.1, 0.15) is 16.4 Å². The molecule has 8 nitrogen and oxygen atoms in total. The SMILES string of the molecule is CCN(CC)c1ccc(-c2nnc(SCC(=O)Nc3scc(-c4ccc(F)cc4)c3C(=O)OC)n2C)cc1. The lowest BCUT2D eigenvalue weighted by molar-refractivity contribution is -0.113. The van der Waals surface area contributed by atoms with Gasteiger partial charge in [-0.25, -0.2) is 9.18 Å². The lowest BCUT2D eigenvalue weighted by Crippen LogP contribution is -2.21. The number of thiophene rings is 1. The van der Waals surface area contributed by atoms with Gasteiger partial charge in [-0.15, -0.1) is 21.5 Å². The molecule has 0 bridgehead atoms. The molecular formula is C27H28FN5O3S2. The van der Waals surface area contributed by atoms with Crippen LogP contribution in [-0.4, -0.2) is 52.6 Å². The van der Waals surface area contributed by atoms with Crippen LogP contribution in [0.4, 0.5) is 15.1 Å². The van der Waals surface area contributed by atoms with E-state index in [0.29, 0.717) is 27.1 Å². The molecule has 38 heavy (non-hydrogen) atoms. The van der Waals surface area contributed by atoms with Crippen molar-refractivity contribution in [1.29, 1.82) is 0 Å². The fourth-order valence-electron chi connectivity index (χ4n) is 3.99. The number of esters is 1. The maximum Gasteiger partial charge on any atom is 0.341 e. The highest BCUT2D eigenvalue weighted by Crippen LogP contribution is 2.36. The van der Waals surface area contributed by atoms with Crippen molar-refractivity contribution in [1.82, 2.24) is 14.8 Å². The van der Waals surface area contributed by atoms with Gasteiger partial charge in [-0.3, -0.25) is 4.79 Å². The average molecular weight is 554 g/mol. The van der Waals surface area contributed by atoms with Crippen LogP contribution in [0.2, 0.25) is 0 Å². The summed E-state index contributed by atoms with van der Waals surface area (Å²) in [5.74, 6) is -0.497. The highest BCUT2D eigenvalue weighted by molar-refractivity contribution is 7.99. The molecule has 198 valence electrons. The number of ether oxygens (including phenoxy) is 1. The van der Waals surface area contributed by atoms with Crippen LogP contribution in [0, 0.1) is 5.82 Å². The quantitative estimate of drug-likeness (QED) is 0.199. The number of carbonyl (C=O) groups is 2. The molecule has 0 fully saturated rings. The van der Waals surface area contributed by atoms with Crippen LogP contribution in [0.5, 0.6) is 0 Å². The predicted molar refractivity (Wildman–Crippen MR) is 150 cm³/mol. The Morgan fingerprint density at radius 3 is 2.34 bits per heavy atom. The van der Waals surface area contributed by atoms with Gasteiger partial charge >= 0.3 is 5.97 Å². The topological polar surface area (TPSA) is 89.3 Å². The molecule has 2 heterocycles. The van der Waals surface area contributed by atoms with E-state index in [1.807, 2.05) is 23.7 Å². The van der Waals surface area contributed by atoms with E-state index in [4.69, 9.17) is 4.74 Å². The summed E-state index contributed by atoms with van der Waals surface area (Å²) in [5.41, 5.74) is 3.53. The van der Waals surface area contributed by atoms with Crippen LogP contribution in [0.25, 0.3) is 22.5 Å². The Hall–Kier alpha value is -3.70. The van der Waals surface area contributed by atoms with E-state index < -0.39 is 5.97 Å². The van der Waals surface area contributed by atoms with Gasteiger partial charge < -0.3 is 19.5 Å². The maximum atomic E-state index is 13.4. The predicted octanol–water partition coefficient (Wildman–Crippen LogP) is 5.71. The Labute approximate surface area is 228 Å². The van der Waals surface area contributed by atoms with Crippen LogP contribution in [0.1, 0.15) is 24.2 Å². The van der Waals surface area contributed by atoms with Gasteiger partial charge in [0.15, 0.2) is 11.0 Å². The Balaban J connectivity index is 1.45. The third-order valence-corrected chi connectivity index (χ3v) is 7.93. The molecule has 1 amide bonds. The van der Waals surface area contributed by atoms with Crippen LogP contribution in [0.15, 0.2) is 59.1 Å². The molecule has 0 spiro atoms. The maximum absolute atomic E-state index is 13.4. The molecule has 0 aliphatic heterocycles. The fourth-order valence-corrected chi connectivity index (χ4v) is 5.68. The second kappa shape index (κ2) is 12.2. The number of benzene rings is 2. The standard InChI is InChI=1S/C27H28FN5O3S2/c1-5-33(6-2)20-13-9-18(10-14-20)24-30-31-27(32(24)3)38-16-22(34)29-25-23(26(35)36-4)21(15-37-25)17-7-11-19(28)12-8-17/h7-15H,5-6,16H2,1-4H3,(H,29,34). The summed E-state index contributed by atoms with van der Waals surface area (Å²) in [6, 6.07) is 14.0. The highest BCUT2D eigenvalue weighted by atomic mass is 32.2. The smallest absolute Gasteiger partial charge is 0.341 e. The fraction of sp³-hybridized carbons (Fsp3) is 0.259. The van der Waals surface area contributed by atoms with Gasteiger partial charge in [-0.05, 0) is 55.8 Å². The van der Waals surface area contributed by atoms with E-state index in [-0.39, 0.29) is 23.0 Å². The Bertz CT molecular complexity index is 1410. The number of nitrogens with one attached hydrogen (secondary N) is 1. The number of amides is 1. The summed E-state index contributed by atoms with van der Waals surface area (Å²) in [6.07, 6.45) is 0. The average Bonchev–Trinajstić information content (AvgIpc) is 3.51. The number of halogens is 1. The van der Waals surface area contributed by atoms with Gasteiger partial charge in [0, 0.05) is 42.3 Å². The first kappa shape index (κ1) is 27.3. The molecule has 2 aromatic heterocycles. The number of carbonyl (C=O) groups excluding carboxylic acids is 2. The minimum Gasteiger partial charge on any atom is -0.465 e. The van der Waals surface area contributed by atoms with Crippen molar-refractivity contribution in [3.63, 3.8) is 0 Å². The summed E-state index contributed by atoms with van der Waals surface area (Å²) in [6.45, 7) is 6.11. The molecule has 0 saturated carbocycles. The van der Waals surface area contributed by atoms with Crippen LogP contribution >= 0.6 is 23.1 Å². The van der Waals surface area contributed by atoms with Crippen molar-refractivity contribution >= 4 is 45.7 Å². The lowest BCUT2D eigenvalue weighted by Gasteiger charge is -2.21. The van der Waals surface area contributed by atoms with E-state index in [0.717, 1.165) is 24.3 Å². The molecule has 1 N–H and O–H groups in total. The molecule has 4 aromatic rings. The Kier molecular flexibility index (Phi) is 8.80. The third kappa shape index (κ3) is 5.89. The minimum atomic E-state index is -0.585. The zero-order chi connectivity index (χ0) is 27.2. The van der Waals surface area contributed by atoms with E-state index in [1.54, 1.807) is 17.5 Å². The number of methoxy groups -OCH3 is 1. The monoisotopic (exact) mass is 553 g/mol. The normalized spacial score (nSPS) is 10.9. The minimum absolute atomic E-state index is 0.0667. The van der Waals surface area contributed by atoms with E-state index >= 15 is 0 Å². The first-order valence-corrected chi connectivity index (χ1v) is 13.9. The molecule has 4 rings (SSSR count). The van der Waals surface area contributed by atoms with E-state index in [1.165, 1.54) is 42.3 Å².